The number of epoxide rings is 2. The first kappa shape index (κ1) is 15.7. The number of hydrogen-bond donors (Lipinski definition) is 0. The van der Waals surface area contributed by atoms with E-state index in [0.717, 1.165) is 16.7 Å². The highest BCUT2D eigenvalue weighted by Gasteiger charge is 2.49. The second-order valence-corrected chi connectivity index (χ2v) is 7.65. The Bertz CT molecular complexity index is 848. The molecule has 0 unspecified atom stereocenters. The zero-order valence-corrected chi connectivity index (χ0v) is 14.4. The van der Waals surface area contributed by atoms with Crippen LogP contribution in [-0.2, 0) is 15.9 Å². The van der Waals surface area contributed by atoms with Gasteiger partial charge in [0, 0.05) is 23.4 Å². The van der Waals surface area contributed by atoms with Gasteiger partial charge in [0.1, 0.15) is 24.0 Å². The lowest BCUT2D eigenvalue weighted by Gasteiger charge is -2.12. The van der Waals surface area contributed by atoms with Crippen molar-refractivity contribution in [1.29, 1.82) is 0 Å². The van der Waals surface area contributed by atoms with Gasteiger partial charge in [0.25, 0.3) is 0 Å². The molecule has 0 radical (unpaired) electrons. The van der Waals surface area contributed by atoms with Gasteiger partial charge in [0.15, 0.2) is 0 Å². The number of benzene rings is 1. The summed E-state index contributed by atoms with van der Waals surface area (Å²) >= 11 is 0. The van der Waals surface area contributed by atoms with Crippen molar-refractivity contribution in [1.82, 2.24) is 0 Å². The van der Waals surface area contributed by atoms with Crippen LogP contribution in [0.25, 0.3) is 11.0 Å². The summed E-state index contributed by atoms with van der Waals surface area (Å²) in [5.41, 5.74) is 0.853. The zero-order chi connectivity index (χ0) is 17.1. The summed E-state index contributed by atoms with van der Waals surface area (Å²) in [5, 5.41) is 0.887. The zero-order valence-electron chi connectivity index (χ0n) is 14.4. The average Bonchev–Trinajstić information content (AvgIpc) is 3.32. The van der Waals surface area contributed by atoms with Gasteiger partial charge in [-0.15, -0.1) is 0 Å². The minimum Gasteiger partial charge on any atom is -0.490 e. The molecule has 5 heteroatoms. The smallest absolute Gasteiger partial charge is 0.336 e. The minimum atomic E-state index is -0.358. The molecule has 1 aromatic carbocycles. The van der Waals surface area contributed by atoms with E-state index in [1.165, 1.54) is 6.07 Å². The SMILES string of the molecule is CC1(C)O[C@@H]1COc1ccc2ccc(=O)oc2c1C[C@H]1OC1(C)C. The molecule has 0 bridgehead atoms. The molecular weight excluding hydrogens is 308 g/mol. The van der Waals surface area contributed by atoms with Crippen molar-refractivity contribution in [3.63, 3.8) is 0 Å². The Hall–Kier alpha value is -1.85. The molecule has 2 aliphatic heterocycles. The van der Waals surface area contributed by atoms with Gasteiger partial charge in [0.2, 0.25) is 0 Å². The largest absolute Gasteiger partial charge is 0.490 e. The molecular formula is C19H22O5. The van der Waals surface area contributed by atoms with Crippen molar-refractivity contribution in [2.75, 3.05) is 6.61 Å². The number of rotatable bonds is 5. The fourth-order valence-electron chi connectivity index (χ4n) is 3.04. The van der Waals surface area contributed by atoms with Crippen molar-refractivity contribution >= 4 is 11.0 Å². The van der Waals surface area contributed by atoms with E-state index in [4.69, 9.17) is 18.6 Å². The van der Waals surface area contributed by atoms with E-state index in [9.17, 15) is 4.79 Å². The van der Waals surface area contributed by atoms with E-state index in [2.05, 4.69) is 13.8 Å². The minimum absolute atomic E-state index is 0.0949. The van der Waals surface area contributed by atoms with E-state index in [-0.39, 0.29) is 29.0 Å². The van der Waals surface area contributed by atoms with Crippen LogP contribution < -0.4 is 10.4 Å². The van der Waals surface area contributed by atoms with Gasteiger partial charge < -0.3 is 18.6 Å². The Morgan fingerprint density at radius 1 is 1.00 bits per heavy atom. The highest BCUT2D eigenvalue weighted by molar-refractivity contribution is 5.82. The fourth-order valence-corrected chi connectivity index (χ4v) is 3.04. The molecule has 0 aliphatic carbocycles. The van der Waals surface area contributed by atoms with E-state index in [1.807, 2.05) is 26.0 Å². The molecule has 2 aromatic rings. The normalized spacial score (nSPS) is 26.3. The molecule has 0 spiro atoms. The average molecular weight is 330 g/mol. The maximum atomic E-state index is 11.7. The Labute approximate surface area is 140 Å². The second kappa shape index (κ2) is 5.07. The predicted molar refractivity (Wildman–Crippen MR) is 89.6 cm³/mol. The van der Waals surface area contributed by atoms with Gasteiger partial charge in [-0.05, 0) is 45.9 Å². The molecule has 3 heterocycles. The molecule has 0 amide bonds. The van der Waals surface area contributed by atoms with Crippen LogP contribution in [0.1, 0.15) is 33.3 Å². The summed E-state index contributed by atoms with van der Waals surface area (Å²) in [4.78, 5) is 11.7. The monoisotopic (exact) mass is 330 g/mol. The molecule has 4 rings (SSSR count). The molecule has 5 nitrogen and oxygen atoms in total. The summed E-state index contributed by atoms with van der Waals surface area (Å²) in [7, 11) is 0. The first-order valence-corrected chi connectivity index (χ1v) is 8.30. The maximum absolute atomic E-state index is 11.7. The van der Waals surface area contributed by atoms with Gasteiger partial charge in [-0.25, -0.2) is 4.79 Å². The number of fused-ring (bicyclic) bond motifs is 1. The standard InChI is InChI=1S/C19H22O5/c1-18(2)14(23-18)9-12-13(21-10-15-19(3,4)24-15)7-5-11-6-8-16(20)22-17(11)12/h5-8,14-15H,9-10H2,1-4H3/t14-,15-/m1/s1. The van der Waals surface area contributed by atoms with E-state index < -0.39 is 0 Å². The molecule has 128 valence electrons. The fraction of sp³-hybridized carbons (Fsp3) is 0.526. The lowest BCUT2D eigenvalue weighted by Crippen LogP contribution is -2.14. The van der Waals surface area contributed by atoms with E-state index in [0.29, 0.717) is 18.6 Å². The lowest BCUT2D eigenvalue weighted by atomic mass is 10.00. The van der Waals surface area contributed by atoms with Crippen LogP contribution in [0.15, 0.2) is 33.5 Å². The van der Waals surface area contributed by atoms with Crippen LogP contribution in [0.5, 0.6) is 5.75 Å². The Morgan fingerprint density at radius 3 is 2.25 bits per heavy atom. The summed E-state index contributed by atoms with van der Waals surface area (Å²) in [5.74, 6) is 0.731. The van der Waals surface area contributed by atoms with E-state index >= 15 is 0 Å². The van der Waals surface area contributed by atoms with Crippen molar-refractivity contribution in [2.24, 2.45) is 0 Å². The van der Waals surface area contributed by atoms with Crippen LogP contribution in [0.3, 0.4) is 0 Å². The van der Waals surface area contributed by atoms with Crippen LogP contribution in [0.2, 0.25) is 0 Å². The molecule has 1 aromatic heterocycles. The second-order valence-electron chi connectivity index (χ2n) is 7.65. The first-order chi connectivity index (χ1) is 11.3. The van der Waals surface area contributed by atoms with Crippen LogP contribution >= 0.6 is 0 Å². The van der Waals surface area contributed by atoms with Crippen LogP contribution in [0.4, 0.5) is 0 Å². The summed E-state index contributed by atoms with van der Waals surface area (Å²) in [6.45, 7) is 8.68. The quantitative estimate of drug-likeness (QED) is 0.623. The molecule has 2 aliphatic rings. The lowest BCUT2D eigenvalue weighted by molar-refractivity contribution is 0.252. The van der Waals surface area contributed by atoms with Crippen LogP contribution in [0, 0.1) is 0 Å². The predicted octanol–water partition coefficient (Wildman–Crippen LogP) is 3.07. The Balaban J connectivity index is 1.67. The summed E-state index contributed by atoms with van der Waals surface area (Å²) in [6.07, 6.45) is 0.851. The molecule has 2 saturated heterocycles. The molecule has 2 atom stereocenters. The Morgan fingerprint density at radius 2 is 1.62 bits per heavy atom. The van der Waals surface area contributed by atoms with Crippen LogP contribution in [-0.4, -0.2) is 30.0 Å². The van der Waals surface area contributed by atoms with Gasteiger partial charge in [-0.2, -0.15) is 0 Å². The molecule has 0 saturated carbocycles. The Kier molecular flexibility index (Phi) is 3.31. The first-order valence-electron chi connectivity index (χ1n) is 8.30. The summed E-state index contributed by atoms with van der Waals surface area (Å²) < 4.78 is 22.8. The molecule has 0 N–H and O–H groups in total. The number of ether oxygens (including phenoxy) is 3. The van der Waals surface area contributed by atoms with Gasteiger partial charge in [0.05, 0.1) is 17.3 Å². The highest BCUT2D eigenvalue weighted by atomic mass is 16.6. The van der Waals surface area contributed by atoms with Gasteiger partial charge >= 0.3 is 5.63 Å². The van der Waals surface area contributed by atoms with Crippen molar-refractivity contribution < 1.29 is 18.6 Å². The van der Waals surface area contributed by atoms with Crippen molar-refractivity contribution in [3.8, 4) is 5.75 Å². The third-order valence-corrected chi connectivity index (χ3v) is 4.96. The van der Waals surface area contributed by atoms with Gasteiger partial charge in [-0.1, -0.05) is 0 Å². The van der Waals surface area contributed by atoms with E-state index in [1.54, 1.807) is 6.07 Å². The van der Waals surface area contributed by atoms with Crippen molar-refractivity contribution in [2.45, 2.75) is 57.5 Å². The molecule has 24 heavy (non-hydrogen) atoms. The summed E-state index contributed by atoms with van der Waals surface area (Å²) in [6, 6.07) is 7.06. The third kappa shape index (κ3) is 2.82. The van der Waals surface area contributed by atoms with Gasteiger partial charge in [-0.3, -0.25) is 0 Å². The third-order valence-electron chi connectivity index (χ3n) is 4.96. The topological polar surface area (TPSA) is 64.5 Å². The molecule has 2 fully saturated rings. The maximum Gasteiger partial charge on any atom is 0.336 e. The van der Waals surface area contributed by atoms with Crippen molar-refractivity contribution in [3.05, 3.63) is 40.2 Å². The number of hydrogen-bond acceptors (Lipinski definition) is 5. The highest BCUT2D eigenvalue weighted by Crippen LogP contribution is 2.41.